The minimum Gasteiger partial charge on any atom is -0.494 e. The minimum absolute atomic E-state index is 0.167. The molecule has 0 saturated carbocycles. The molecule has 4 aromatic rings. The number of para-hydroxylation sites is 1. The van der Waals surface area contributed by atoms with Crippen molar-refractivity contribution < 1.29 is 27.4 Å². The van der Waals surface area contributed by atoms with Crippen LogP contribution in [0.2, 0.25) is 0 Å². The van der Waals surface area contributed by atoms with E-state index >= 15 is 0 Å². The molecule has 37 heavy (non-hydrogen) atoms. The van der Waals surface area contributed by atoms with Crippen LogP contribution in [0.25, 0.3) is 17.3 Å². The number of anilines is 1. The van der Waals surface area contributed by atoms with Gasteiger partial charge in [0.1, 0.15) is 40.4 Å². The third-order valence-electron chi connectivity index (χ3n) is 5.23. The Balaban J connectivity index is 1.78. The lowest BCUT2D eigenvalue weighted by atomic mass is 10.1. The van der Waals surface area contributed by atoms with Crippen molar-refractivity contribution in [2.24, 2.45) is 0 Å². The van der Waals surface area contributed by atoms with Gasteiger partial charge in [-0.2, -0.15) is 5.26 Å². The smallest absolute Gasteiger partial charge is 0.243 e. The van der Waals surface area contributed by atoms with E-state index in [0.717, 1.165) is 0 Å². The number of aliphatic hydroxyl groups is 1. The molecular weight excluding hydrogens is 502 g/mol. The molecule has 1 unspecified atom stereocenters. The van der Waals surface area contributed by atoms with E-state index in [1.807, 2.05) is 6.07 Å². The van der Waals surface area contributed by atoms with Gasteiger partial charge >= 0.3 is 0 Å². The molecule has 1 aromatic carbocycles. The molecule has 192 valence electrons. The molecule has 3 aromatic heterocycles. The van der Waals surface area contributed by atoms with Gasteiger partial charge in [-0.25, -0.2) is 18.4 Å². The fourth-order valence-electron chi connectivity index (χ4n) is 3.60. The molecule has 3 heterocycles. The summed E-state index contributed by atoms with van der Waals surface area (Å²) in [5, 5.41) is 28.0. The van der Waals surface area contributed by atoms with E-state index in [1.54, 1.807) is 37.3 Å². The van der Waals surface area contributed by atoms with E-state index in [9.17, 15) is 13.5 Å². The number of nitrogens with zero attached hydrogens (tertiary/aromatic N) is 6. The van der Waals surface area contributed by atoms with Gasteiger partial charge in [0, 0.05) is 12.4 Å². The number of methoxy groups -OCH3 is 2. The van der Waals surface area contributed by atoms with Crippen molar-refractivity contribution in [3.05, 3.63) is 59.9 Å². The Morgan fingerprint density at radius 3 is 2.32 bits per heavy atom. The Hall–Kier alpha value is -4.48. The third-order valence-corrected chi connectivity index (χ3v) is 6.67. The first kappa shape index (κ1) is 25.6. The molecule has 1 atom stereocenters. The normalized spacial score (nSPS) is 13.0. The van der Waals surface area contributed by atoms with Gasteiger partial charge in [0.2, 0.25) is 21.8 Å². The van der Waals surface area contributed by atoms with E-state index in [2.05, 4.69) is 24.9 Å². The van der Waals surface area contributed by atoms with Gasteiger partial charge in [-0.3, -0.25) is 9.29 Å². The van der Waals surface area contributed by atoms with Crippen molar-refractivity contribution in [1.29, 1.82) is 5.26 Å². The largest absolute Gasteiger partial charge is 0.494 e. The number of ether oxygens (including phenoxy) is 2. The van der Waals surface area contributed by atoms with Gasteiger partial charge in [-0.15, -0.1) is 10.2 Å². The fraction of sp³-hybridized carbons (Fsp3) is 0.261. The standard InChI is InChI=1S/C23H23N7O6S/c1-14-8-9-18(36-14)20-27-28-22(30(20)19-16(34-3)6-5-7-17(19)35-4)29-37(32,33)13-23(2,31)21-25-11-15(10-24)12-26-21/h5-9,11-12,31H,13H2,1-4H3,(H,28,29). The highest BCUT2D eigenvalue weighted by Gasteiger charge is 2.35. The van der Waals surface area contributed by atoms with Crippen LogP contribution in [0.1, 0.15) is 24.1 Å². The maximum absolute atomic E-state index is 13.2. The fourth-order valence-corrected chi connectivity index (χ4v) is 4.95. The number of rotatable bonds is 9. The predicted molar refractivity (Wildman–Crippen MR) is 131 cm³/mol. The first-order valence-electron chi connectivity index (χ1n) is 10.8. The first-order chi connectivity index (χ1) is 17.6. The molecule has 2 N–H and O–H groups in total. The lowest BCUT2D eigenvalue weighted by molar-refractivity contribution is 0.0721. The van der Waals surface area contributed by atoms with Crippen LogP contribution in [-0.2, 0) is 15.6 Å². The number of sulfonamides is 1. The minimum atomic E-state index is -4.27. The van der Waals surface area contributed by atoms with Crippen molar-refractivity contribution in [1.82, 2.24) is 24.7 Å². The van der Waals surface area contributed by atoms with E-state index in [1.165, 1.54) is 38.1 Å². The summed E-state index contributed by atoms with van der Waals surface area (Å²) in [6.07, 6.45) is 2.39. The first-order valence-corrected chi connectivity index (χ1v) is 12.4. The molecule has 13 nitrogen and oxygen atoms in total. The van der Waals surface area contributed by atoms with Crippen molar-refractivity contribution >= 4 is 16.0 Å². The number of aromatic nitrogens is 5. The number of hydrogen-bond acceptors (Lipinski definition) is 11. The lowest BCUT2D eigenvalue weighted by Crippen LogP contribution is -2.36. The van der Waals surface area contributed by atoms with Crippen LogP contribution >= 0.6 is 0 Å². The topological polar surface area (TPSA) is 178 Å². The Morgan fingerprint density at radius 2 is 1.78 bits per heavy atom. The molecule has 0 aliphatic rings. The number of aryl methyl sites for hydroxylation is 1. The Kier molecular flexibility index (Phi) is 6.84. The summed E-state index contributed by atoms with van der Waals surface area (Å²) >= 11 is 0. The average Bonchev–Trinajstić information content (AvgIpc) is 3.48. The maximum Gasteiger partial charge on any atom is 0.243 e. The van der Waals surface area contributed by atoms with Crippen LogP contribution in [0.3, 0.4) is 0 Å². The zero-order chi connectivity index (χ0) is 26.8. The van der Waals surface area contributed by atoms with Crippen molar-refractivity contribution in [2.75, 3.05) is 24.7 Å². The second kappa shape index (κ2) is 9.88. The SMILES string of the molecule is COc1cccc(OC)c1-n1c(NS(=O)(=O)CC(C)(O)c2ncc(C#N)cn2)nnc1-c1ccc(C)o1. The lowest BCUT2D eigenvalue weighted by Gasteiger charge is -2.22. The Bertz CT molecular complexity index is 1550. The molecule has 14 heteroatoms. The molecular formula is C23H23N7O6S. The maximum atomic E-state index is 13.2. The second-order valence-electron chi connectivity index (χ2n) is 8.15. The summed E-state index contributed by atoms with van der Waals surface area (Å²) in [6.45, 7) is 3.00. The van der Waals surface area contributed by atoms with Crippen molar-refractivity contribution in [3.63, 3.8) is 0 Å². The molecule has 0 aliphatic heterocycles. The Labute approximate surface area is 212 Å². The number of furan rings is 1. The van der Waals surface area contributed by atoms with Crippen LogP contribution in [0.5, 0.6) is 11.5 Å². The third kappa shape index (κ3) is 5.22. The highest BCUT2D eigenvalue weighted by atomic mass is 32.2. The molecule has 0 fully saturated rings. The predicted octanol–water partition coefficient (Wildman–Crippen LogP) is 2.16. The van der Waals surface area contributed by atoms with Gasteiger partial charge < -0.3 is 19.0 Å². The summed E-state index contributed by atoms with van der Waals surface area (Å²) in [5.41, 5.74) is -1.50. The quantitative estimate of drug-likeness (QED) is 0.327. The van der Waals surface area contributed by atoms with Crippen molar-refractivity contribution in [2.45, 2.75) is 19.4 Å². The summed E-state index contributed by atoms with van der Waals surface area (Å²) in [5.74, 6) is 0.607. The number of nitrogens with one attached hydrogen (secondary N) is 1. The van der Waals surface area contributed by atoms with Crippen LogP contribution in [0.15, 0.2) is 47.1 Å². The van der Waals surface area contributed by atoms with Gasteiger partial charge in [0.05, 0.1) is 19.8 Å². The van der Waals surface area contributed by atoms with E-state index in [4.69, 9.17) is 19.2 Å². The van der Waals surface area contributed by atoms with Crippen LogP contribution in [0.4, 0.5) is 5.95 Å². The summed E-state index contributed by atoms with van der Waals surface area (Å²) in [4.78, 5) is 7.83. The molecule has 0 radical (unpaired) electrons. The second-order valence-corrected chi connectivity index (χ2v) is 9.87. The van der Waals surface area contributed by atoms with E-state index in [-0.39, 0.29) is 23.2 Å². The van der Waals surface area contributed by atoms with Crippen molar-refractivity contribution in [3.8, 4) is 34.8 Å². The molecule has 4 rings (SSSR count). The zero-order valence-corrected chi connectivity index (χ0v) is 21.1. The molecule has 0 aliphatic carbocycles. The van der Waals surface area contributed by atoms with Crippen LogP contribution in [-0.4, -0.2) is 58.2 Å². The summed E-state index contributed by atoms with van der Waals surface area (Å²) < 4.78 is 46.9. The van der Waals surface area contributed by atoms with Gasteiger partial charge in [-0.1, -0.05) is 6.07 Å². The molecule has 0 bridgehead atoms. The number of hydrogen-bond donors (Lipinski definition) is 2. The highest BCUT2D eigenvalue weighted by Crippen LogP contribution is 2.38. The highest BCUT2D eigenvalue weighted by molar-refractivity contribution is 7.92. The van der Waals surface area contributed by atoms with E-state index < -0.39 is 21.4 Å². The summed E-state index contributed by atoms with van der Waals surface area (Å²) in [6, 6.07) is 10.3. The number of benzene rings is 1. The average molecular weight is 526 g/mol. The van der Waals surface area contributed by atoms with E-state index in [0.29, 0.717) is 28.7 Å². The molecule has 0 spiro atoms. The number of nitriles is 1. The van der Waals surface area contributed by atoms with Gasteiger partial charge in [-0.05, 0) is 38.1 Å². The van der Waals surface area contributed by atoms with Gasteiger partial charge in [0.25, 0.3) is 0 Å². The zero-order valence-electron chi connectivity index (χ0n) is 20.3. The molecule has 0 saturated heterocycles. The van der Waals surface area contributed by atoms with Crippen LogP contribution in [0, 0.1) is 18.3 Å². The summed E-state index contributed by atoms with van der Waals surface area (Å²) in [7, 11) is -1.36. The van der Waals surface area contributed by atoms with Crippen LogP contribution < -0.4 is 14.2 Å². The Morgan fingerprint density at radius 1 is 1.14 bits per heavy atom. The molecule has 0 amide bonds. The monoisotopic (exact) mass is 525 g/mol. The van der Waals surface area contributed by atoms with Gasteiger partial charge in [0.15, 0.2) is 11.6 Å².